The molecule has 0 spiro atoms. The SMILES string of the molecule is CCC(=C\c1oc2ccc(NC(=O)c3ccco3)cc2[n+]1CCCCS(=O)(=O)O)/C=C1/Oc2ccc(F)cc2N1CCCS(=O)(=O)O. The summed E-state index contributed by atoms with van der Waals surface area (Å²) in [6, 6.07) is 12.2. The number of furan rings is 1. The van der Waals surface area contributed by atoms with Crippen LogP contribution in [0.5, 0.6) is 5.75 Å². The van der Waals surface area contributed by atoms with E-state index in [1.54, 1.807) is 41.3 Å². The number of carbonyl (C=O) groups excluding carboxylic acids is 1. The van der Waals surface area contributed by atoms with Gasteiger partial charge in [-0.3, -0.25) is 13.9 Å². The van der Waals surface area contributed by atoms with Gasteiger partial charge in [-0.15, -0.1) is 0 Å². The third-order valence-corrected chi connectivity index (χ3v) is 8.88. The summed E-state index contributed by atoms with van der Waals surface area (Å²) in [5.74, 6) is -0.627. The first kappa shape index (κ1) is 33.8. The van der Waals surface area contributed by atoms with Crippen LogP contribution >= 0.6 is 0 Å². The Labute approximate surface area is 270 Å². The number of unbranched alkanes of at least 4 members (excludes halogenated alkanes) is 1. The monoisotopic (exact) mass is 690 g/mol. The summed E-state index contributed by atoms with van der Waals surface area (Å²) < 4.78 is 97.0. The number of aromatic nitrogens is 1. The second-order valence-electron chi connectivity index (χ2n) is 10.8. The molecule has 13 nitrogen and oxygen atoms in total. The highest BCUT2D eigenvalue weighted by molar-refractivity contribution is 7.86. The zero-order valence-corrected chi connectivity index (χ0v) is 26.9. The van der Waals surface area contributed by atoms with Crippen molar-refractivity contribution in [2.75, 3.05) is 28.3 Å². The van der Waals surface area contributed by atoms with Crippen LogP contribution in [0, 0.1) is 5.82 Å². The van der Waals surface area contributed by atoms with Gasteiger partial charge in [0.25, 0.3) is 31.7 Å². The Balaban J connectivity index is 1.49. The third kappa shape index (κ3) is 8.85. The number of allylic oxidation sites excluding steroid dienone is 2. The van der Waals surface area contributed by atoms with E-state index in [-0.39, 0.29) is 25.1 Å². The van der Waals surface area contributed by atoms with E-state index in [9.17, 15) is 35.1 Å². The van der Waals surface area contributed by atoms with Crippen molar-refractivity contribution in [3.63, 3.8) is 0 Å². The van der Waals surface area contributed by atoms with Crippen molar-refractivity contribution >= 4 is 54.7 Å². The maximum absolute atomic E-state index is 14.2. The molecule has 2 aromatic carbocycles. The number of aryl methyl sites for hydroxylation is 1. The molecule has 47 heavy (non-hydrogen) atoms. The van der Waals surface area contributed by atoms with Crippen LogP contribution in [-0.4, -0.2) is 49.9 Å². The Hall–Kier alpha value is -4.51. The standard InChI is InChI=1S/C31H32FN3O10S2/c1-2-21(18-30-35(13-6-16-47(40,41)42)24-19-22(32)8-10-26(24)44-30)17-29-34(12-3-4-15-46(37,38)39)25-20-23(9-11-27(25)45-29)33-31(36)28-7-5-14-43-28/h5,7-11,14,17-20H,2-4,6,12-13,15-16H2,1H3,(H2-,33,36,37,38,39,40,41,42)/p+1. The zero-order valence-electron chi connectivity index (χ0n) is 25.3. The van der Waals surface area contributed by atoms with Gasteiger partial charge in [-0.25, -0.2) is 4.39 Å². The predicted octanol–water partition coefficient (Wildman–Crippen LogP) is 5.18. The lowest BCUT2D eigenvalue weighted by Crippen LogP contribution is -2.35. The molecule has 3 heterocycles. The van der Waals surface area contributed by atoms with Gasteiger partial charge < -0.3 is 23.8 Å². The smallest absolute Gasteiger partial charge is 0.374 e. The number of fused-ring (bicyclic) bond motifs is 2. The molecule has 4 aromatic rings. The van der Waals surface area contributed by atoms with Crippen molar-refractivity contribution in [3.8, 4) is 5.75 Å². The van der Waals surface area contributed by atoms with Gasteiger partial charge in [-0.05, 0) is 61.2 Å². The molecule has 0 bridgehead atoms. The first-order valence-corrected chi connectivity index (χ1v) is 17.9. The fourth-order valence-electron chi connectivity index (χ4n) is 5.05. The Morgan fingerprint density at radius 3 is 2.49 bits per heavy atom. The third-order valence-electron chi connectivity index (χ3n) is 7.27. The van der Waals surface area contributed by atoms with Gasteiger partial charge in [0.15, 0.2) is 18.1 Å². The van der Waals surface area contributed by atoms with E-state index in [0.29, 0.717) is 65.0 Å². The number of hydrogen-bond donors (Lipinski definition) is 3. The number of anilines is 2. The van der Waals surface area contributed by atoms with Crippen LogP contribution in [0.15, 0.2) is 81.2 Å². The molecule has 0 fully saturated rings. The molecule has 0 aliphatic carbocycles. The molecule has 0 saturated heterocycles. The molecule has 1 aliphatic rings. The molecule has 3 N–H and O–H groups in total. The number of carbonyl (C=O) groups is 1. The normalized spacial score (nSPS) is 14.5. The second-order valence-corrected chi connectivity index (χ2v) is 13.9. The number of oxazole rings is 1. The molecular formula is C31H33FN3O10S2+. The highest BCUT2D eigenvalue weighted by Gasteiger charge is 2.28. The Morgan fingerprint density at radius 1 is 1.02 bits per heavy atom. The fourth-order valence-corrected chi connectivity index (χ4v) is 6.11. The predicted molar refractivity (Wildman–Crippen MR) is 170 cm³/mol. The molecule has 250 valence electrons. The largest absolute Gasteiger partial charge is 0.459 e. The Bertz CT molecular complexity index is 2050. The molecule has 1 amide bonds. The van der Waals surface area contributed by atoms with Gasteiger partial charge in [0, 0.05) is 36.9 Å². The highest BCUT2D eigenvalue weighted by Crippen LogP contribution is 2.40. The van der Waals surface area contributed by atoms with Gasteiger partial charge >= 0.3 is 5.89 Å². The molecule has 0 radical (unpaired) electrons. The number of nitrogens with zero attached hydrogens (tertiary/aromatic N) is 2. The molecular weight excluding hydrogens is 657 g/mol. The van der Waals surface area contributed by atoms with Crippen LogP contribution in [0.4, 0.5) is 15.8 Å². The Morgan fingerprint density at radius 2 is 1.79 bits per heavy atom. The van der Waals surface area contributed by atoms with Crippen LogP contribution < -0.4 is 19.5 Å². The lowest BCUT2D eigenvalue weighted by molar-refractivity contribution is -0.678. The van der Waals surface area contributed by atoms with Crippen molar-refractivity contribution in [2.24, 2.45) is 0 Å². The van der Waals surface area contributed by atoms with E-state index >= 15 is 0 Å². The first-order valence-electron chi connectivity index (χ1n) is 14.7. The molecule has 16 heteroatoms. The van der Waals surface area contributed by atoms with Crippen molar-refractivity contribution < 1.29 is 53.3 Å². The van der Waals surface area contributed by atoms with Crippen molar-refractivity contribution in [2.45, 2.75) is 39.2 Å². The summed E-state index contributed by atoms with van der Waals surface area (Å²) in [4.78, 5) is 14.2. The van der Waals surface area contributed by atoms with Gasteiger partial charge in [-0.2, -0.15) is 21.4 Å². The van der Waals surface area contributed by atoms with Crippen LogP contribution in [0.25, 0.3) is 17.2 Å². The fraction of sp³-hybridized carbons (Fsp3) is 0.290. The van der Waals surface area contributed by atoms with Crippen molar-refractivity contribution in [1.29, 1.82) is 0 Å². The lowest BCUT2D eigenvalue weighted by atomic mass is 10.1. The lowest BCUT2D eigenvalue weighted by Gasteiger charge is -2.18. The van der Waals surface area contributed by atoms with E-state index in [1.807, 2.05) is 11.5 Å². The Kier molecular flexibility index (Phi) is 10.1. The topological polar surface area (TPSA) is 180 Å². The van der Waals surface area contributed by atoms with Gasteiger partial charge in [-0.1, -0.05) is 6.92 Å². The van der Waals surface area contributed by atoms with Crippen LogP contribution in [0.1, 0.15) is 49.1 Å². The summed E-state index contributed by atoms with van der Waals surface area (Å²) in [5, 5.41) is 2.78. The van der Waals surface area contributed by atoms with Gasteiger partial charge in [0.05, 0.1) is 29.5 Å². The van der Waals surface area contributed by atoms with E-state index in [1.165, 1.54) is 30.5 Å². The number of hydrogen-bond acceptors (Lipinski definition) is 9. The summed E-state index contributed by atoms with van der Waals surface area (Å²) in [7, 11) is -8.35. The van der Waals surface area contributed by atoms with Crippen molar-refractivity contribution in [1.82, 2.24) is 0 Å². The minimum atomic E-state index is -4.21. The first-order chi connectivity index (χ1) is 22.3. The zero-order chi connectivity index (χ0) is 33.8. The van der Waals surface area contributed by atoms with Gasteiger partial charge in [0.1, 0.15) is 5.82 Å². The van der Waals surface area contributed by atoms with E-state index in [0.717, 1.165) is 0 Å². The number of amides is 1. The van der Waals surface area contributed by atoms with Crippen molar-refractivity contribution in [3.05, 3.63) is 89.8 Å². The number of ether oxygens (including phenoxy) is 1. The van der Waals surface area contributed by atoms with E-state index in [2.05, 4.69) is 5.32 Å². The summed E-state index contributed by atoms with van der Waals surface area (Å²) in [6.07, 6.45) is 5.96. The molecule has 2 aromatic heterocycles. The average molecular weight is 691 g/mol. The van der Waals surface area contributed by atoms with E-state index < -0.39 is 43.5 Å². The summed E-state index contributed by atoms with van der Waals surface area (Å²) >= 11 is 0. The second kappa shape index (κ2) is 14.1. The maximum Gasteiger partial charge on any atom is 0.374 e. The number of halogens is 1. The highest BCUT2D eigenvalue weighted by atomic mass is 32.2. The molecule has 1 aliphatic heterocycles. The number of benzene rings is 2. The summed E-state index contributed by atoms with van der Waals surface area (Å²) in [6.45, 7) is 2.32. The minimum Gasteiger partial charge on any atom is -0.459 e. The summed E-state index contributed by atoms with van der Waals surface area (Å²) in [5.41, 5.74) is 2.67. The molecule has 5 rings (SSSR count). The van der Waals surface area contributed by atoms with Crippen LogP contribution in [-0.2, 0) is 26.8 Å². The van der Waals surface area contributed by atoms with Crippen LogP contribution in [0.3, 0.4) is 0 Å². The molecule has 0 saturated carbocycles. The average Bonchev–Trinajstić information content (AvgIpc) is 3.72. The quantitative estimate of drug-likeness (QED) is 0.0901. The molecule has 0 unspecified atom stereocenters. The number of rotatable bonds is 14. The van der Waals surface area contributed by atoms with E-state index in [4.69, 9.17) is 13.6 Å². The number of nitrogens with one attached hydrogen (secondary N) is 1. The maximum atomic E-state index is 14.2. The van der Waals surface area contributed by atoms with Crippen LogP contribution in [0.2, 0.25) is 0 Å². The van der Waals surface area contributed by atoms with Gasteiger partial charge in [0.2, 0.25) is 11.5 Å². The molecule has 0 atom stereocenters. The minimum absolute atomic E-state index is 0.0482.